The van der Waals surface area contributed by atoms with Gasteiger partial charge in [0.05, 0.1) is 5.35 Å². The van der Waals surface area contributed by atoms with E-state index in [0.717, 1.165) is 5.35 Å². The van der Waals surface area contributed by atoms with Crippen LogP contribution in [0.1, 0.15) is 33.3 Å². The van der Waals surface area contributed by atoms with Crippen LogP contribution >= 0.6 is 0 Å². The number of rotatable bonds is 1. The van der Waals surface area contributed by atoms with Gasteiger partial charge in [-0.2, -0.15) is 0 Å². The minimum Gasteiger partial charge on any atom is -0.256 e. The molecule has 1 rings (SSSR count). The summed E-state index contributed by atoms with van der Waals surface area (Å²) in [4.78, 5) is 4.31. The first-order valence-corrected chi connectivity index (χ1v) is 5.50. The van der Waals surface area contributed by atoms with Gasteiger partial charge in [0.1, 0.15) is 0 Å². The summed E-state index contributed by atoms with van der Waals surface area (Å²) in [6.07, 6.45) is 9.98. The molecule has 1 aromatic heterocycles. The molecule has 1 aromatic rings. The zero-order chi connectivity index (χ0) is 11.7. The molecule has 0 saturated heterocycles. The van der Waals surface area contributed by atoms with Crippen LogP contribution in [0, 0.1) is 6.92 Å². The van der Waals surface area contributed by atoms with E-state index in [-0.39, 0.29) is 0 Å². The van der Waals surface area contributed by atoms with Crippen LogP contribution in [-0.4, -0.2) is 4.98 Å². The zero-order valence-corrected chi connectivity index (χ0v) is 10.4. The first kappa shape index (κ1) is 13.6. The maximum Gasteiger partial charge on any atom is 0.0701 e. The molecule has 1 nitrogen and oxygen atoms in total. The Bertz CT molecular complexity index is 413. The molecule has 0 radical (unpaired) electrons. The van der Waals surface area contributed by atoms with Crippen molar-refractivity contribution in [3.8, 4) is 0 Å². The van der Waals surface area contributed by atoms with Crippen molar-refractivity contribution in [3.05, 3.63) is 40.5 Å². The fraction of sp³-hybridized carbons (Fsp3) is 0.357. The molecule has 0 fully saturated rings. The van der Waals surface area contributed by atoms with E-state index in [9.17, 15) is 0 Å². The summed E-state index contributed by atoms with van der Waals surface area (Å²) in [5, 5.41) is 2.27. The highest BCUT2D eigenvalue weighted by molar-refractivity contribution is 5.38. The Balaban J connectivity index is 0.000000921. The molecule has 0 aliphatic heterocycles. The van der Waals surface area contributed by atoms with E-state index in [2.05, 4.69) is 18.0 Å². The van der Waals surface area contributed by atoms with E-state index in [1.807, 2.05) is 58.2 Å². The third kappa shape index (κ3) is 4.11. The number of aryl methyl sites for hydroxylation is 1. The van der Waals surface area contributed by atoms with Crippen molar-refractivity contribution in [3.63, 3.8) is 0 Å². The van der Waals surface area contributed by atoms with E-state index >= 15 is 0 Å². The van der Waals surface area contributed by atoms with E-state index in [4.69, 9.17) is 0 Å². The van der Waals surface area contributed by atoms with Gasteiger partial charge in [0.25, 0.3) is 0 Å². The third-order valence-corrected chi connectivity index (χ3v) is 1.97. The van der Waals surface area contributed by atoms with Gasteiger partial charge in [0.2, 0.25) is 0 Å². The third-order valence-electron chi connectivity index (χ3n) is 1.97. The summed E-state index contributed by atoms with van der Waals surface area (Å²) in [6.45, 7) is 10.1. The molecule has 0 amide bonds. The Kier molecular flexibility index (Phi) is 7.25. The Labute approximate surface area is 92.9 Å². The molecule has 0 N–H and O–H groups in total. The lowest BCUT2D eigenvalue weighted by Crippen LogP contribution is -2.29. The molecular formula is C14H21N. The van der Waals surface area contributed by atoms with Crippen molar-refractivity contribution in [1.82, 2.24) is 4.98 Å². The van der Waals surface area contributed by atoms with Crippen molar-refractivity contribution < 1.29 is 0 Å². The van der Waals surface area contributed by atoms with Gasteiger partial charge in [-0.3, -0.25) is 4.98 Å². The molecule has 0 spiro atoms. The van der Waals surface area contributed by atoms with E-state index in [1.165, 1.54) is 10.8 Å². The van der Waals surface area contributed by atoms with Gasteiger partial charge in [0, 0.05) is 6.20 Å². The topological polar surface area (TPSA) is 12.9 Å². The summed E-state index contributed by atoms with van der Waals surface area (Å²) < 4.78 is 0. The molecule has 0 aliphatic carbocycles. The molecule has 1 heterocycles. The fourth-order valence-corrected chi connectivity index (χ4v) is 1.29. The molecular weight excluding hydrogens is 182 g/mol. The highest BCUT2D eigenvalue weighted by Crippen LogP contribution is 1.81. The predicted molar refractivity (Wildman–Crippen MR) is 69.0 cm³/mol. The normalized spacial score (nSPS) is 12.9. The maximum atomic E-state index is 4.31. The van der Waals surface area contributed by atoms with Gasteiger partial charge in [-0.15, -0.1) is 0 Å². The Morgan fingerprint density at radius 1 is 1.20 bits per heavy atom. The standard InChI is InChI=1S/C12H15N.C2H6/c1-4-6-7-12-11(5-2)10(3)8-9-13-12;1-2/h4-9H,1-3H3;1-2H3/b6-4-,11-5-,12-7+;. The minimum atomic E-state index is 1.04. The number of nitrogens with zero attached hydrogens (tertiary/aromatic N) is 1. The fourth-order valence-electron chi connectivity index (χ4n) is 1.29. The molecule has 82 valence electrons. The number of hydrogen-bond acceptors (Lipinski definition) is 1. The lowest BCUT2D eigenvalue weighted by molar-refractivity contribution is 1.18. The Morgan fingerprint density at radius 2 is 1.87 bits per heavy atom. The van der Waals surface area contributed by atoms with Crippen LogP contribution in [0.25, 0.3) is 12.2 Å². The highest BCUT2D eigenvalue weighted by Gasteiger charge is 1.88. The van der Waals surface area contributed by atoms with Crippen LogP contribution in [0.5, 0.6) is 0 Å². The number of aromatic nitrogens is 1. The summed E-state index contributed by atoms with van der Waals surface area (Å²) in [5.41, 5.74) is 1.27. The van der Waals surface area contributed by atoms with E-state index in [1.54, 1.807) is 0 Å². The van der Waals surface area contributed by atoms with Crippen molar-refractivity contribution >= 4 is 12.2 Å². The van der Waals surface area contributed by atoms with Gasteiger partial charge >= 0.3 is 0 Å². The van der Waals surface area contributed by atoms with Crippen LogP contribution in [0.15, 0.2) is 24.4 Å². The van der Waals surface area contributed by atoms with Gasteiger partial charge < -0.3 is 0 Å². The van der Waals surface area contributed by atoms with Crippen LogP contribution in [0.3, 0.4) is 0 Å². The first-order valence-electron chi connectivity index (χ1n) is 5.50. The largest absolute Gasteiger partial charge is 0.256 e. The summed E-state index contributed by atoms with van der Waals surface area (Å²) in [7, 11) is 0. The average Bonchev–Trinajstić information content (AvgIpc) is 2.29. The number of hydrogen-bond donors (Lipinski definition) is 0. The van der Waals surface area contributed by atoms with Gasteiger partial charge in [-0.05, 0) is 43.7 Å². The highest BCUT2D eigenvalue weighted by atomic mass is 14.6. The van der Waals surface area contributed by atoms with Crippen LogP contribution in [-0.2, 0) is 0 Å². The average molecular weight is 203 g/mol. The van der Waals surface area contributed by atoms with Crippen LogP contribution < -0.4 is 10.6 Å². The maximum absolute atomic E-state index is 4.31. The molecule has 15 heavy (non-hydrogen) atoms. The van der Waals surface area contributed by atoms with Gasteiger partial charge in [-0.1, -0.05) is 32.1 Å². The van der Waals surface area contributed by atoms with Crippen molar-refractivity contribution in [2.75, 3.05) is 0 Å². The van der Waals surface area contributed by atoms with Gasteiger partial charge in [0.15, 0.2) is 0 Å². The monoisotopic (exact) mass is 203 g/mol. The lowest BCUT2D eigenvalue weighted by Gasteiger charge is -1.93. The molecule has 0 aliphatic rings. The SMILES string of the molecule is CC.C\C=C/C=c1/nccc(C)/c1=C/C. The van der Waals surface area contributed by atoms with Crippen molar-refractivity contribution in [2.24, 2.45) is 0 Å². The first-order chi connectivity index (χ1) is 7.29. The molecule has 0 atom stereocenters. The molecule has 0 aromatic carbocycles. The van der Waals surface area contributed by atoms with Crippen LogP contribution in [0.2, 0.25) is 0 Å². The van der Waals surface area contributed by atoms with Gasteiger partial charge in [-0.25, -0.2) is 0 Å². The smallest absolute Gasteiger partial charge is 0.0701 e. The Morgan fingerprint density at radius 3 is 2.40 bits per heavy atom. The number of pyridine rings is 1. The quantitative estimate of drug-likeness (QED) is 0.683. The summed E-state index contributed by atoms with van der Waals surface area (Å²) in [6, 6.07) is 2.03. The van der Waals surface area contributed by atoms with E-state index in [0.29, 0.717) is 0 Å². The lowest BCUT2D eigenvalue weighted by atomic mass is 10.2. The molecule has 1 heteroatoms. The van der Waals surface area contributed by atoms with Crippen molar-refractivity contribution in [2.45, 2.75) is 34.6 Å². The second kappa shape index (κ2) is 7.98. The molecule has 0 bridgehead atoms. The Hall–Kier alpha value is -1.37. The number of allylic oxidation sites excluding steroid dienone is 2. The summed E-state index contributed by atoms with van der Waals surface area (Å²) >= 11 is 0. The van der Waals surface area contributed by atoms with E-state index < -0.39 is 0 Å². The predicted octanol–water partition coefficient (Wildman–Crippen LogP) is 2.57. The van der Waals surface area contributed by atoms with Crippen molar-refractivity contribution in [1.29, 1.82) is 0 Å². The molecule has 0 saturated carbocycles. The van der Waals surface area contributed by atoms with Crippen LogP contribution in [0.4, 0.5) is 0 Å². The summed E-state index contributed by atoms with van der Waals surface area (Å²) in [5.74, 6) is 0. The zero-order valence-electron chi connectivity index (χ0n) is 10.4. The second-order valence-corrected chi connectivity index (χ2v) is 2.91. The molecule has 0 unspecified atom stereocenters. The minimum absolute atomic E-state index is 1.04. The second-order valence-electron chi connectivity index (χ2n) is 2.91.